The minimum absolute atomic E-state index is 0.0938. The van der Waals surface area contributed by atoms with Gasteiger partial charge >= 0.3 is 0 Å². The van der Waals surface area contributed by atoms with Gasteiger partial charge in [0.25, 0.3) is 5.91 Å². The zero-order chi connectivity index (χ0) is 20.7. The largest absolute Gasteiger partial charge is 0.481 e. The molecule has 1 aromatic carbocycles. The maximum absolute atomic E-state index is 12.5. The SMILES string of the molecule is C[C@H](Oc1ccc(S(=O)(=O)NCCC2=CCCCC2)cc1)C(=O)N1CCOCC1. The van der Waals surface area contributed by atoms with Crippen LogP contribution in [0.5, 0.6) is 5.75 Å². The predicted molar refractivity (Wildman–Crippen MR) is 110 cm³/mol. The van der Waals surface area contributed by atoms with Crippen molar-refractivity contribution in [1.29, 1.82) is 0 Å². The van der Waals surface area contributed by atoms with Gasteiger partial charge in [-0.3, -0.25) is 4.79 Å². The van der Waals surface area contributed by atoms with Gasteiger partial charge in [-0.1, -0.05) is 11.6 Å². The fraction of sp³-hybridized carbons (Fsp3) is 0.571. The van der Waals surface area contributed by atoms with Gasteiger partial charge in [-0.25, -0.2) is 13.1 Å². The van der Waals surface area contributed by atoms with Crippen LogP contribution >= 0.6 is 0 Å². The summed E-state index contributed by atoms with van der Waals surface area (Å²) in [4.78, 5) is 14.3. The molecule has 7 nitrogen and oxygen atoms in total. The number of nitrogens with one attached hydrogen (secondary N) is 1. The van der Waals surface area contributed by atoms with E-state index in [1.54, 1.807) is 24.0 Å². The van der Waals surface area contributed by atoms with Crippen molar-refractivity contribution < 1.29 is 22.7 Å². The molecule has 1 aromatic rings. The van der Waals surface area contributed by atoms with Crippen LogP contribution < -0.4 is 9.46 Å². The van der Waals surface area contributed by atoms with Gasteiger partial charge in [-0.05, 0) is 63.3 Å². The molecule has 0 spiro atoms. The molecule has 160 valence electrons. The number of allylic oxidation sites excluding steroid dienone is 1. The summed E-state index contributed by atoms with van der Waals surface area (Å²) < 4.78 is 38.6. The second-order valence-electron chi connectivity index (χ2n) is 7.43. The number of carbonyl (C=O) groups excluding carboxylic acids is 1. The van der Waals surface area contributed by atoms with E-state index in [1.807, 2.05) is 0 Å². The van der Waals surface area contributed by atoms with Gasteiger partial charge in [0.05, 0.1) is 18.1 Å². The lowest BCUT2D eigenvalue weighted by Crippen LogP contribution is -2.46. The predicted octanol–water partition coefficient (Wildman–Crippen LogP) is 2.48. The molecule has 1 saturated heterocycles. The molecule has 1 fully saturated rings. The van der Waals surface area contributed by atoms with Crippen LogP contribution in [0.1, 0.15) is 39.0 Å². The molecule has 1 atom stereocenters. The molecular formula is C21H30N2O5S. The van der Waals surface area contributed by atoms with Crippen molar-refractivity contribution >= 4 is 15.9 Å². The van der Waals surface area contributed by atoms with Gasteiger partial charge in [-0.15, -0.1) is 0 Å². The number of carbonyl (C=O) groups is 1. The van der Waals surface area contributed by atoms with E-state index in [9.17, 15) is 13.2 Å². The lowest BCUT2D eigenvalue weighted by molar-refractivity contribution is -0.142. The van der Waals surface area contributed by atoms with E-state index < -0.39 is 16.1 Å². The lowest BCUT2D eigenvalue weighted by Gasteiger charge is -2.29. The molecule has 0 aromatic heterocycles. The van der Waals surface area contributed by atoms with Gasteiger partial charge in [0, 0.05) is 19.6 Å². The molecule has 3 rings (SSSR count). The van der Waals surface area contributed by atoms with Crippen molar-refractivity contribution in [3.05, 3.63) is 35.9 Å². The van der Waals surface area contributed by atoms with Crippen molar-refractivity contribution in [3.63, 3.8) is 0 Å². The van der Waals surface area contributed by atoms with Crippen molar-refractivity contribution in [1.82, 2.24) is 9.62 Å². The molecule has 0 unspecified atom stereocenters. The monoisotopic (exact) mass is 422 g/mol. The number of benzene rings is 1. The van der Waals surface area contributed by atoms with E-state index >= 15 is 0 Å². The van der Waals surface area contributed by atoms with E-state index in [0.717, 1.165) is 19.3 Å². The molecule has 1 aliphatic heterocycles. The minimum atomic E-state index is -3.56. The van der Waals surface area contributed by atoms with E-state index in [1.165, 1.54) is 30.5 Å². The van der Waals surface area contributed by atoms with Gasteiger partial charge in [-0.2, -0.15) is 0 Å². The molecule has 29 heavy (non-hydrogen) atoms. The molecule has 8 heteroatoms. The molecule has 2 aliphatic rings. The highest BCUT2D eigenvalue weighted by Crippen LogP contribution is 2.21. The number of hydrogen-bond acceptors (Lipinski definition) is 5. The summed E-state index contributed by atoms with van der Waals surface area (Å²) in [7, 11) is -3.56. The number of hydrogen-bond donors (Lipinski definition) is 1. The number of ether oxygens (including phenoxy) is 2. The third kappa shape index (κ3) is 6.29. The molecule has 1 aliphatic carbocycles. The molecule has 1 heterocycles. The second-order valence-corrected chi connectivity index (χ2v) is 9.19. The summed E-state index contributed by atoms with van der Waals surface area (Å²) >= 11 is 0. The van der Waals surface area contributed by atoms with Crippen LogP contribution in [0, 0.1) is 0 Å². The number of amides is 1. The number of rotatable bonds is 8. The molecule has 1 N–H and O–H groups in total. The van der Waals surface area contributed by atoms with Crippen LogP contribution in [-0.4, -0.2) is 58.2 Å². The van der Waals surface area contributed by atoms with Crippen LogP contribution in [0.2, 0.25) is 0 Å². The highest BCUT2D eigenvalue weighted by molar-refractivity contribution is 7.89. The molecule has 0 radical (unpaired) electrons. The van der Waals surface area contributed by atoms with Crippen LogP contribution in [0.25, 0.3) is 0 Å². The summed E-state index contributed by atoms with van der Waals surface area (Å²) in [6.07, 6.45) is 6.90. The van der Waals surface area contributed by atoms with E-state index in [-0.39, 0.29) is 10.8 Å². The zero-order valence-electron chi connectivity index (χ0n) is 16.9. The van der Waals surface area contributed by atoms with Gasteiger partial charge in [0.15, 0.2) is 6.10 Å². The van der Waals surface area contributed by atoms with Gasteiger partial charge in [0.2, 0.25) is 10.0 Å². The number of morpholine rings is 1. The average molecular weight is 423 g/mol. The highest BCUT2D eigenvalue weighted by atomic mass is 32.2. The van der Waals surface area contributed by atoms with E-state index in [4.69, 9.17) is 9.47 Å². The van der Waals surface area contributed by atoms with Crippen LogP contribution in [0.15, 0.2) is 40.8 Å². The van der Waals surface area contributed by atoms with Crippen LogP contribution in [-0.2, 0) is 19.6 Å². The van der Waals surface area contributed by atoms with Gasteiger partial charge in [0.1, 0.15) is 5.75 Å². The van der Waals surface area contributed by atoms with Crippen molar-refractivity contribution in [2.45, 2.75) is 50.0 Å². The van der Waals surface area contributed by atoms with Crippen molar-refractivity contribution in [2.24, 2.45) is 0 Å². The Hall–Kier alpha value is -1.90. The highest BCUT2D eigenvalue weighted by Gasteiger charge is 2.24. The third-order valence-electron chi connectivity index (χ3n) is 5.24. The number of nitrogens with zero attached hydrogens (tertiary/aromatic N) is 1. The summed E-state index contributed by atoms with van der Waals surface area (Å²) in [5.41, 5.74) is 1.33. The first kappa shape index (κ1) is 21.8. The smallest absolute Gasteiger partial charge is 0.263 e. The van der Waals surface area contributed by atoms with E-state index in [0.29, 0.717) is 38.6 Å². The Morgan fingerprint density at radius 1 is 1.21 bits per heavy atom. The van der Waals surface area contributed by atoms with E-state index in [2.05, 4.69) is 10.8 Å². The standard InChI is InChI=1S/C21H30N2O5S/c1-17(21(24)23-13-15-27-16-14-23)28-19-7-9-20(10-8-19)29(25,26)22-12-11-18-5-3-2-4-6-18/h5,7-10,17,22H,2-4,6,11-16H2,1H3/t17-/m0/s1. The third-order valence-corrected chi connectivity index (χ3v) is 6.72. The molecule has 0 saturated carbocycles. The first-order chi connectivity index (χ1) is 14.0. The lowest BCUT2D eigenvalue weighted by atomic mass is 9.97. The zero-order valence-corrected chi connectivity index (χ0v) is 17.7. The summed E-state index contributed by atoms with van der Waals surface area (Å²) in [5, 5.41) is 0. The molecule has 0 bridgehead atoms. The maximum atomic E-state index is 12.5. The Kier molecular flexibility index (Phi) is 7.69. The quantitative estimate of drug-likeness (QED) is 0.651. The fourth-order valence-electron chi connectivity index (χ4n) is 3.55. The van der Waals surface area contributed by atoms with Crippen LogP contribution in [0.4, 0.5) is 0 Å². The molecular weight excluding hydrogens is 392 g/mol. The Bertz CT molecular complexity index is 814. The Balaban J connectivity index is 1.51. The van der Waals surface area contributed by atoms with Crippen LogP contribution in [0.3, 0.4) is 0 Å². The molecule has 1 amide bonds. The fourth-order valence-corrected chi connectivity index (χ4v) is 4.59. The maximum Gasteiger partial charge on any atom is 0.263 e. The Morgan fingerprint density at radius 3 is 2.59 bits per heavy atom. The topological polar surface area (TPSA) is 84.9 Å². The second kappa shape index (κ2) is 10.2. The Labute approximate surface area is 173 Å². The summed E-state index contributed by atoms with van der Waals surface area (Å²) in [6.45, 7) is 4.30. The van der Waals surface area contributed by atoms with Crippen molar-refractivity contribution in [2.75, 3.05) is 32.8 Å². The van der Waals surface area contributed by atoms with Crippen molar-refractivity contribution in [3.8, 4) is 5.75 Å². The minimum Gasteiger partial charge on any atom is -0.481 e. The number of sulfonamides is 1. The summed E-state index contributed by atoms with van der Waals surface area (Å²) in [5.74, 6) is 0.370. The first-order valence-corrected chi connectivity index (χ1v) is 11.7. The first-order valence-electron chi connectivity index (χ1n) is 10.3. The average Bonchev–Trinajstić information content (AvgIpc) is 2.75. The summed E-state index contributed by atoms with van der Waals surface area (Å²) in [6, 6.07) is 6.18. The van der Waals surface area contributed by atoms with Gasteiger partial charge < -0.3 is 14.4 Å². The normalized spacial score (nSPS) is 18.8. The Morgan fingerprint density at radius 2 is 1.93 bits per heavy atom.